The van der Waals surface area contributed by atoms with E-state index in [9.17, 15) is 9.59 Å². The number of aryl methyl sites for hydroxylation is 1. The summed E-state index contributed by atoms with van der Waals surface area (Å²) in [5.41, 5.74) is 6.76. The highest BCUT2D eigenvalue weighted by Gasteiger charge is 2.10. The van der Waals surface area contributed by atoms with E-state index < -0.39 is 0 Å². The highest BCUT2D eigenvalue weighted by atomic mass is 16.6. The first-order valence-corrected chi connectivity index (χ1v) is 10.3. The lowest BCUT2D eigenvalue weighted by Gasteiger charge is -2.08. The highest BCUT2D eigenvalue weighted by molar-refractivity contribution is 5.99. The molecule has 3 aromatic carbocycles. The Morgan fingerprint density at radius 1 is 0.909 bits per heavy atom. The number of carbonyl (C=O) groups excluding carboxylic acids is 2. The molecule has 4 rings (SSSR count). The van der Waals surface area contributed by atoms with Gasteiger partial charge < -0.3 is 10.6 Å². The molecule has 4 aromatic rings. The van der Waals surface area contributed by atoms with E-state index in [4.69, 9.17) is 4.84 Å². The summed E-state index contributed by atoms with van der Waals surface area (Å²) in [4.78, 5) is 30.0. The largest absolute Gasteiger partial charge is 0.323 e. The third-order valence-corrected chi connectivity index (χ3v) is 4.74. The Labute approximate surface area is 191 Å². The zero-order valence-corrected chi connectivity index (χ0v) is 18.0. The van der Waals surface area contributed by atoms with Gasteiger partial charge in [0.25, 0.3) is 5.91 Å². The van der Waals surface area contributed by atoms with Gasteiger partial charge >= 0.3 is 6.03 Å². The molecule has 3 N–H and O–H groups in total. The van der Waals surface area contributed by atoms with E-state index in [1.807, 2.05) is 67.6 Å². The number of anilines is 2. The summed E-state index contributed by atoms with van der Waals surface area (Å²) in [6, 6.07) is 23.6. The number of nitrogens with zero attached hydrogens (tertiary/aromatic N) is 2. The van der Waals surface area contributed by atoms with Crippen LogP contribution < -0.4 is 16.1 Å². The third-order valence-electron chi connectivity index (χ3n) is 4.74. The maximum atomic E-state index is 12.4. The van der Waals surface area contributed by atoms with Crippen molar-refractivity contribution in [2.75, 3.05) is 10.6 Å². The molecule has 0 bridgehead atoms. The van der Waals surface area contributed by atoms with Gasteiger partial charge in [-0.15, -0.1) is 0 Å². The number of benzene rings is 3. The maximum Gasteiger partial charge on any atom is 0.323 e. The van der Waals surface area contributed by atoms with Crippen molar-refractivity contribution in [2.45, 2.75) is 13.5 Å². The van der Waals surface area contributed by atoms with Crippen molar-refractivity contribution in [3.8, 4) is 5.69 Å². The number of hydrogen-bond donors (Lipinski definition) is 3. The Morgan fingerprint density at radius 3 is 2.52 bits per heavy atom. The highest BCUT2D eigenvalue weighted by Crippen LogP contribution is 2.15. The van der Waals surface area contributed by atoms with E-state index in [0.29, 0.717) is 22.6 Å². The van der Waals surface area contributed by atoms with E-state index in [0.717, 1.165) is 11.1 Å². The van der Waals surface area contributed by atoms with Crippen molar-refractivity contribution >= 4 is 23.3 Å². The van der Waals surface area contributed by atoms with Crippen LogP contribution in [0.2, 0.25) is 0 Å². The normalized spacial score (nSPS) is 10.5. The van der Waals surface area contributed by atoms with Gasteiger partial charge in [0, 0.05) is 11.3 Å². The quantitative estimate of drug-likeness (QED) is 0.363. The maximum absolute atomic E-state index is 12.4. The smallest absolute Gasteiger partial charge is 0.308 e. The fraction of sp³-hybridized carbons (Fsp3) is 0.0800. The minimum atomic E-state index is -0.371. The van der Waals surface area contributed by atoms with Crippen LogP contribution in [0.3, 0.4) is 0 Å². The molecule has 8 nitrogen and oxygen atoms in total. The first kappa shape index (κ1) is 21.8. The van der Waals surface area contributed by atoms with Crippen LogP contribution in [-0.4, -0.2) is 21.7 Å². The van der Waals surface area contributed by atoms with Gasteiger partial charge in [-0.2, -0.15) is 5.10 Å². The average Bonchev–Trinajstić information content (AvgIpc) is 3.28. The molecule has 0 spiro atoms. The first-order valence-electron chi connectivity index (χ1n) is 10.3. The minimum absolute atomic E-state index is 0.269. The van der Waals surface area contributed by atoms with E-state index >= 15 is 0 Å². The second-order valence-corrected chi connectivity index (χ2v) is 7.38. The van der Waals surface area contributed by atoms with E-state index in [-0.39, 0.29) is 18.5 Å². The molecule has 0 aliphatic heterocycles. The first-order chi connectivity index (χ1) is 16.1. The predicted octanol–water partition coefficient (Wildman–Crippen LogP) is 4.69. The number of hydrogen-bond acceptors (Lipinski definition) is 4. The molecule has 0 radical (unpaired) electrons. The molecule has 0 fully saturated rings. The summed E-state index contributed by atoms with van der Waals surface area (Å²) in [7, 11) is 0. The van der Waals surface area contributed by atoms with Gasteiger partial charge in [0.15, 0.2) is 0 Å². The van der Waals surface area contributed by atoms with E-state index in [1.165, 1.54) is 6.20 Å². The molecule has 0 saturated carbocycles. The van der Waals surface area contributed by atoms with Gasteiger partial charge in [0.05, 0.1) is 30.4 Å². The number of rotatable bonds is 7. The summed E-state index contributed by atoms with van der Waals surface area (Å²) in [6.07, 6.45) is 3.20. The van der Waals surface area contributed by atoms with Crippen molar-refractivity contribution in [3.63, 3.8) is 0 Å². The van der Waals surface area contributed by atoms with Gasteiger partial charge in [-0.3, -0.25) is 9.63 Å². The van der Waals surface area contributed by atoms with Crippen LogP contribution in [0.5, 0.6) is 0 Å². The molecule has 166 valence electrons. The fourth-order valence-electron chi connectivity index (χ4n) is 3.15. The lowest BCUT2D eigenvalue weighted by molar-refractivity contribution is 0.0233. The molecular weight excluding hydrogens is 418 g/mol. The molecule has 0 aliphatic carbocycles. The molecule has 0 atom stereocenters. The molecule has 0 unspecified atom stereocenters. The summed E-state index contributed by atoms with van der Waals surface area (Å²) in [6.45, 7) is 2.22. The zero-order chi connectivity index (χ0) is 23.0. The topological polar surface area (TPSA) is 97.3 Å². The Kier molecular flexibility index (Phi) is 6.77. The van der Waals surface area contributed by atoms with Crippen molar-refractivity contribution < 1.29 is 14.4 Å². The number of aromatic nitrogens is 2. The average molecular weight is 441 g/mol. The van der Waals surface area contributed by atoms with E-state index in [2.05, 4.69) is 21.2 Å². The summed E-state index contributed by atoms with van der Waals surface area (Å²) >= 11 is 0. The molecule has 0 saturated heterocycles. The zero-order valence-electron chi connectivity index (χ0n) is 18.0. The summed E-state index contributed by atoms with van der Waals surface area (Å²) in [5, 5.41) is 9.80. The number of urea groups is 1. The third kappa shape index (κ3) is 6.05. The SMILES string of the molecule is Cc1cccc(NC(=O)Nc2cnn(-c3cccc(C(=O)NOCc4ccccc4)c3)c2)c1. The fourth-order valence-corrected chi connectivity index (χ4v) is 3.15. The van der Waals surface area contributed by atoms with Gasteiger partial charge in [-0.1, -0.05) is 48.5 Å². The summed E-state index contributed by atoms with van der Waals surface area (Å²) < 4.78 is 1.57. The number of carbonyl (C=O) groups is 2. The van der Waals surface area contributed by atoms with E-state index in [1.54, 1.807) is 29.1 Å². The molecule has 33 heavy (non-hydrogen) atoms. The predicted molar refractivity (Wildman–Crippen MR) is 126 cm³/mol. The Hall–Kier alpha value is -4.43. The lowest BCUT2D eigenvalue weighted by atomic mass is 10.2. The number of nitrogens with one attached hydrogen (secondary N) is 3. The van der Waals surface area contributed by atoms with Gasteiger partial charge in [-0.25, -0.2) is 15.0 Å². The summed E-state index contributed by atoms with van der Waals surface area (Å²) in [5.74, 6) is -0.365. The van der Waals surface area contributed by atoms with Gasteiger partial charge in [-0.05, 0) is 48.4 Å². The van der Waals surface area contributed by atoms with Crippen molar-refractivity contribution in [2.24, 2.45) is 0 Å². The number of amides is 3. The second kappa shape index (κ2) is 10.3. The van der Waals surface area contributed by atoms with Crippen LogP contribution >= 0.6 is 0 Å². The minimum Gasteiger partial charge on any atom is -0.308 e. The monoisotopic (exact) mass is 441 g/mol. The molecule has 3 amide bonds. The van der Waals surface area contributed by atoms with Crippen molar-refractivity contribution in [1.82, 2.24) is 15.3 Å². The van der Waals surface area contributed by atoms with Crippen molar-refractivity contribution in [3.05, 3.63) is 108 Å². The van der Waals surface area contributed by atoms with Crippen LogP contribution in [-0.2, 0) is 11.4 Å². The van der Waals surface area contributed by atoms with Gasteiger partial charge in [0.1, 0.15) is 0 Å². The van der Waals surface area contributed by atoms with Crippen molar-refractivity contribution in [1.29, 1.82) is 0 Å². The number of hydroxylamine groups is 1. The molecular formula is C25H23N5O3. The molecule has 0 aliphatic rings. The Bertz CT molecular complexity index is 1250. The van der Waals surface area contributed by atoms with Crippen LogP contribution in [0, 0.1) is 6.92 Å². The Morgan fingerprint density at radius 2 is 1.70 bits per heavy atom. The second-order valence-electron chi connectivity index (χ2n) is 7.38. The molecule has 8 heteroatoms. The Balaban J connectivity index is 1.35. The standard InChI is InChI=1S/C25H23N5O3/c1-18-7-5-11-21(13-18)27-25(32)28-22-15-26-30(16-22)23-12-6-10-20(14-23)24(31)29-33-17-19-8-3-2-4-9-19/h2-16H,17H2,1H3,(H,29,31)(H2,27,28,32). The molecule has 1 heterocycles. The lowest BCUT2D eigenvalue weighted by Crippen LogP contribution is -2.23. The van der Waals surface area contributed by atoms with Crippen LogP contribution in [0.4, 0.5) is 16.2 Å². The molecule has 1 aromatic heterocycles. The van der Waals surface area contributed by atoms with Crippen LogP contribution in [0.15, 0.2) is 91.3 Å². The van der Waals surface area contributed by atoms with Gasteiger partial charge in [0.2, 0.25) is 0 Å². The van der Waals surface area contributed by atoms with Crippen LogP contribution in [0.1, 0.15) is 21.5 Å². The van der Waals surface area contributed by atoms with Crippen LogP contribution in [0.25, 0.3) is 5.69 Å².